The van der Waals surface area contributed by atoms with E-state index in [1.165, 1.54) is 55.2 Å². The molecule has 0 bridgehead atoms. The number of benzene rings is 2. The van der Waals surface area contributed by atoms with Crippen LogP contribution in [-0.2, 0) is 19.7 Å². The summed E-state index contributed by atoms with van der Waals surface area (Å²) in [5, 5.41) is 0. The maximum Gasteiger partial charge on any atom is 0.501 e. The van der Waals surface area contributed by atoms with Gasteiger partial charge in [-0.2, -0.15) is 0 Å². The molecule has 0 heterocycles. The Hall–Kier alpha value is -1.66. The van der Waals surface area contributed by atoms with Gasteiger partial charge >= 0.3 is 8.80 Å². The minimum atomic E-state index is -2.64. The zero-order valence-corrected chi connectivity index (χ0v) is 22.9. The van der Waals surface area contributed by atoms with Crippen LogP contribution in [0.4, 0.5) is 0 Å². The Morgan fingerprint density at radius 3 is 1.94 bits per heavy atom. The van der Waals surface area contributed by atoms with Crippen LogP contribution < -0.4 is 4.74 Å². The van der Waals surface area contributed by atoms with Crippen molar-refractivity contribution >= 4 is 8.80 Å². The SMILES string of the molecule is CCCCCCCCc1cccc(-c2ccccc2)c1OCCC[Si](OCC)(OCC)OCC. The van der Waals surface area contributed by atoms with Crippen molar-refractivity contribution < 1.29 is 18.0 Å². The lowest BCUT2D eigenvalue weighted by atomic mass is 9.98. The molecule has 0 aliphatic heterocycles. The molecule has 0 unspecified atom stereocenters. The predicted octanol–water partition coefficient (Wildman–Crippen LogP) is 8.07. The van der Waals surface area contributed by atoms with Gasteiger partial charge in [-0.15, -0.1) is 0 Å². The molecular formula is C29H46O4Si. The molecule has 0 aliphatic rings. The summed E-state index contributed by atoms with van der Waals surface area (Å²) in [6.07, 6.45) is 9.67. The molecule has 0 saturated heterocycles. The number of unbranched alkanes of at least 4 members (excludes halogenated alkanes) is 5. The number of hydrogen-bond acceptors (Lipinski definition) is 4. The van der Waals surface area contributed by atoms with Gasteiger partial charge in [-0.05, 0) is 51.2 Å². The summed E-state index contributed by atoms with van der Waals surface area (Å²) in [6, 6.07) is 17.9. The average molecular weight is 487 g/mol. The topological polar surface area (TPSA) is 36.9 Å². The van der Waals surface area contributed by atoms with Gasteiger partial charge in [-0.25, -0.2) is 0 Å². The fourth-order valence-electron chi connectivity index (χ4n) is 4.36. The standard InChI is InChI=1S/C29H46O4Si/c1-5-9-10-11-12-14-21-27-22-17-23-28(26-19-15-13-16-20-26)29(27)30-24-18-25-34(31-6-2,32-7-3)33-8-4/h13,15-17,19-20,22-23H,5-12,14,18,21,24-25H2,1-4H3. The highest BCUT2D eigenvalue weighted by molar-refractivity contribution is 6.60. The van der Waals surface area contributed by atoms with E-state index in [1.54, 1.807) is 0 Å². The smallest absolute Gasteiger partial charge is 0.493 e. The Balaban J connectivity index is 2.09. The van der Waals surface area contributed by atoms with Crippen molar-refractivity contribution in [3.8, 4) is 16.9 Å². The molecule has 2 aromatic rings. The molecule has 0 aromatic heterocycles. The van der Waals surface area contributed by atoms with E-state index >= 15 is 0 Å². The summed E-state index contributed by atoms with van der Waals surface area (Å²) < 4.78 is 24.5. The zero-order chi connectivity index (χ0) is 24.5. The highest BCUT2D eigenvalue weighted by Crippen LogP contribution is 2.34. The van der Waals surface area contributed by atoms with Crippen LogP contribution in [0.1, 0.15) is 78.2 Å². The lowest BCUT2D eigenvalue weighted by Gasteiger charge is -2.28. The quantitative estimate of drug-likeness (QED) is 0.149. The molecule has 0 fully saturated rings. The largest absolute Gasteiger partial charge is 0.501 e. The molecule has 0 saturated carbocycles. The van der Waals surface area contributed by atoms with E-state index in [9.17, 15) is 0 Å². The second-order valence-corrected chi connectivity index (χ2v) is 11.3. The van der Waals surface area contributed by atoms with Crippen molar-refractivity contribution in [1.82, 2.24) is 0 Å². The van der Waals surface area contributed by atoms with Gasteiger partial charge < -0.3 is 18.0 Å². The summed E-state index contributed by atoms with van der Waals surface area (Å²) in [5.74, 6) is 1.03. The maximum absolute atomic E-state index is 6.50. The molecular weight excluding hydrogens is 440 g/mol. The van der Waals surface area contributed by atoms with Crippen molar-refractivity contribution in [2.24, 2.45) is 0 Å². The van der Waals surface area contributed by atoms with E-state index in [0.717, 1.165) is 24.6 Å². The Morgan fingerprint density at radius 1 is 0.647 bits per heavy atom. The van der Waals surface area contributed by atoms with Gasteiger partial charge in [-0.3, -0.25) is 0 Å². The first kappa shape index (κ1) is 28.6. The van der Waals surface area contributed by atoms with E-state index in [-0.39, 0.29) is 0 Å². The van der Waals surface area contributed by atoms with Gasteiger partial charge in [0.2, 0.25) is 0 Å². The van der Waals surface area contributed by atoms with E-state index in [2.05, 4.69) is 55.5 Å². The van der Waals surface area contributed by atoms with Crippen LogP contribution in [-0.4, -0.2) is 35.2 Å². The summed E-state index contributed by atoms with van der Waals surface area (Å²) >= 11 is 0. The zero-order valence-electron chi connectivity index (χ0n) is 21.9. The molecule has 0 aliphatic carbocycles. The predicted molar refractivity (Wildman–Crippen MR) is 145 cm³/mol. The molecule has 5 heteroatoms. The summed E-state index contributed by atoms with van der Waals surface area (Å²) in [6.45, 7) is 10.7. The molecule has 0 amide bonds. The molecule has 0 N–H and O–H groups in total. The van der Waals surface area contributed by atoms with Gasteiger partial charge in [0, 0.05) is 31.4 Å². The Bertz CT molecular complexity index is 764. The Morgan fingerprint density at radius 2 is 1.29 bits per heavy atom. The third kappa shape index (κ3) is 9.53. The van der Waals surface area contributed by atoms with Crippen LogP contribution >= 0.6 is 0 Å². The van der Waals surface area contributed by atoms with E-state index in [0.29, 0.717) is 26.4 Å². The van der Waals surface area contributed by atoms with Crippen LogP contribution in [0.25, 0.3) is 11.1 Å². The van der Waals surface area contributed by atoms with Crippen molar-refractivity contribution in [3.63, 3.8) is 0 Å². The molecule has 34 heavy (non-hydrogen) atoms. The van der Waals surface area contributed by atoms with Gasteiger partial charge in [0.25, 0.3) is 0 Å². The van der Waals surface area contributed by atoms with Gasteiger partial charge in [0.05, 0.1) is 6.61 Å². The number of rotatable bonds is 19. The summed E-state index contributed by atoms with van der Waals surface area (Å²) in [5.41, 5.74) is 3.68. The van der Waals surface area contributed by atoms with Crippen LogP contribution in [0.3, 0.4) is 0 Å². The van der Waals surface area contributed by atoms with Crippen LogP contribution in [0.2, 0.25) is 6.04 Å². The van der Waals surface area contributed by atoms with Gasteiger partial charge in [0.1, 0.15) is 5.75 Å². The monoisotopic (exact) mass is 486 g/mol. The molecule has 0 radical (unpaired) electrons. The summed E-state index contributed by atoms with van der Waals surface area (Å²) in [7, 11) is -2.64. The highest BCUT2D eigenvalue weighted by Gasteiger charge is 2.39. The first-order valence-corrected chi connectivity index (χ1v) is 15.3. The van der Waals surface area contributed by atoms with E-state index in [4.69, 9.17) is 18.0 Å². The lowest BCUT2D eigenvalue weighted by Crippen LogP contribution is -2.46. The third-order valence-electron chi connectivity index (χ3n) is 5.95. The van der Waals surface area contributed by atoms with E-state index < -0.39 is 8.80 Å². The second kappa shape index (κ2) is 16.9. The van der Waals surface area contributed by atoms with Crippen molar-refractivity contribution in [2.45, 2.75) is 85.1 Å². The fraction of sp³-hybridized carbons (Fsp3) is 0.586. The number of hydrogen-bond donors (Lipinski definition) is 0. The van der Waals surface area contributed by atoms with Crippen molar-refractivity contribution in [2.75, 3.05) is 26.4 Å². The number of ether oxygens (including phenoxy) is 1. The first-order valence-electron chi connectivity index (χ1n) is 13.4. The molecule has 0 spiro atoms. The van der Waals surface area contributed by atoms with Crippen LogP contribution in [0, 0.1) is 0 Å². The minimum absolute atomic E-state index is 0.603. The normalized spacial score (nSPS) is 11.6. The molecule has 2 aromatic carbocycles. The number of para-hydroxylation sites is 1. The van der Waals surface area contributed by atoms with E-state index in [1.807, 2.05) is 20.8 Å². The Kier molecular flexibility index (Phi) is 14.2. The molecule has 4 nitrogen and oxygen atoms in total. The van der Waals surface area contributed by atoms with Crippen molar-refractivity contribution in [3.05, 3.63) is 54.1 Å². The van der Waals surface area contributed by atoms with Gasteiger partial charge in [0.15, 0.2) is 0 Å². The average Bonchev–Trinajstić information content (AvgIpc) is 2.85. The highest BCUT2D eigenvalue weighted by atomic mass is 28.4. The lowest BCUT2D eigenvalue weighted by molar-refractivity contribution is 0.0696. The first-order chi connectivity index (χ1) is 16.7. The fourth-order valence-corrected chi connectivity index (χ4v) is 6.94. The molecule has 0 atom stereocenters. The molecule has 2 rings (SSSR count). The van der Waals surface area contributed by atoms with Crippen molar-refractivity contribution in [1.29, 1.82) is 0 Å². The Labute approximate surface area is 209 Å². The minimum Gasteiger partial charge on any atom is -0.493 e. The second-order valence-electron chi connectivity index (χ2n) is 8.61. The maximum atomic E-state index is 6.50. The molecule has 190 valence electrons. The number of aryl methyl sites for hydroxylation is 1. The van der Waals surface area contributed by atoms with Crippen LogP contribution in [0.5, 0.6) is 5.75 Å². The summed E-state index contributed by atoms with van der Waals surface area (Å²) in [4.78, 5) is 0. The van der Waals surface area contributed by atoms with Gasteiger partial charge in [-0.1, -0.05) is 87.6 Å². The van der Waals surface area contributed by atoms with Crippen LogP contribution in [0.15, 0.2) is 48.5 Å². The third-order valence-corrected chi connectivity index (χ3v) is 9.10.